The summed E-state index contributed by atoms with van der Waals surface area (Å²) < 4.78 is 4.95. The molecule has 0 radical (unpaired) electrons. The van der Waals surface area contributed by atoms with Crippen LogP contribution in [0.4, 0.5) is 0 Å². The number of carbonyl (C=O) groups is 1. The van der Waals surface area contributed by atoms with Crippen molar-refractivity contribution < 1.29 is 9.53 Å². The number of rotatable bonds is 7. The summed E-state index contributed by atoms with van der Waals surface area (Å²) in [4.78, 5) is 14.0. The van der Waals surface area contributed by atoms with Crippen LogP contribution in [0.3, 0.4) is 0 Å². The quantitative estimate of drug-likeness (QED) is 0.523. The first kappa shape index (κ1) is 14.8. The monoisotopic (exact) mass is 267 g/mol. The van der Waals surface area contributed by atoms with Gasteiger partial charge in [0.25, 0.3) is 0 Å². The Hall–Kier alpha value is -0.570. The molecule has 3 heteroatoms. The minimum atomic E-state index is -0.0312. The molecule has 0 bridgehead atoms. The molecule has 2 fully saturated rings. The number of esters is 1. The van der Waals surface area contributed by atoms with Crippen LogP contribution in [0.25, 0.3) is 0 Å². The Kier molecular flexibility index (Phi) is 6.15. The van der Waals surface area contributed by atoms with Gasteiger partial charge in [0, 0.05) is 12.5 Å². The highest BCUT2D eigenvalue weighted by Gasteiger charge is 2.34. The van der Waals surface area contributed by atoms with E-state index in [1.54, 1.807) is 0 Å². The Bertz CT molecular complexity index is 280. The molecule has 19 heavy (non-hydrogen) atoms. The van der Waals surface area contributed by atoms with Crippen molar-refractivity contribution in [1.29, 1.82) is 0 Å². The maximum atomic E-state index is 11.2. The van der Waals surface area contributed by atoms with E-state index in [1.165, 1.54) is 51.6 Å². The van der Waals surface area contributed by atoms with Crippen molar-refractivity contribution >= 4 is 5.97 Å². The first-order valence-corrected chi connectivity index (χ1v) is 8.21. The molecule has 0 N–H and O–H groups in total. The SMILES string of the molecule is CCOC(=O)CCCCCN1CCCC2CCCC21. The van der Waals surface area contributed by atoms with Crippen LogP contribution in [0.2, 0.25) is 0 Å². The molecule has 2 unspecified atom stereocenters. The second kappa shape index (κ2) is 7.88. The predicted octanol–water partition coefficient (Wildman–Crippen LogP) is 3.37. The van der Waals surface area contributed by atoms with Crippen molar-refractivity contribution in [3.63, 3.8) is 0 Å². The molecule has 0 aromatic carbocycles. The van der Waals surface area contributed by atoms with E-state index >= 15 is 0 Å². The van der Waals surface area contributed by atoms with E-state index in [2.05, 4.69) is 4.90 Å². The van der Waals surface area contributed by atoms with Crippen molar-refractivity contribution in [2.75, 3.05) is 19.7 Å². The molecule has 2 rings (SSSR count). The second-order valence-electron chi connectivity index (χ2n) is 6.05. The summed E-state index contributed by atoms with van der Waals surface area (Å²) in [5.41, 5.74) is 0. The van der Waals surface area contributed by atoms with Crippen LogP contribution in [-0.2, 0) is 9.53 Å². The molecular formula is C16H29NO2. The normalized spacial score (nSPS) is 27.2. The molecule has 0 aromatic rings. The summed E-state index contributed by atoms with van der Waals surface area (Å²) in [7, 11) is 0. The second-order valence-corrected chi connectivity index (χ2v) is 6.05. The molecule has 0 aromatic heterocycles. The van der Waals surface area contributed by atoms with Crippen LogP contribution in [0.5, 0.6) is 0 Å². The topological polar surface area (TPSA) is 29.5 Å². The van der Waals surface area contributed by atoms with Gasteiger partial charge in [-0.2, -0.15) is 0 Å². The van der Waals surface area contributed by atoms with Gasteiger partial charge in [-0.1, -0.05) is 12.8 Å². The van der Waals surface area contributed by atoms with Crippen molar-refractivity contribution in [2.45, 2.75) is 70.8 Å². The Morgan fingerprint density at radius 2 is 2.00 bits per heavy atom. The van der Waals surface area contributed by atoms with Gasteiger partial charge >= 0.3 is 5.97 Å². The van der Waals surface area contributed by atoms with Gasteiger partial charge in [-0.25, -0.2) is 0 Å². The third kappa shape index (κ3) is 4.48. The lowest BCUT2D eigenvalue weighted by molar-refractivity contribution is -0.143. The van der Waals surface area contributed by atoms with Crippen LogP contribution >= 0.6 is 0 Å². The number of nitrogens with zero attached hydrogens (tertiary/aromatic N) is 1. The summed E-state index contributed by atoms with van der Waals surface area (Å²) in [6.45, 7) is 4.92. The van der Waals surface area contributed by atoms with Crippen LogP contribution in [0.1, 0.15) is 64.7 Å². The minimum Gasteiger partial charge on any atom is -0.466 e. The Morgan fingerprint density at radius 3 is 2.84 bits per heavy atom. The molecule has 2 aliphatic rings. The van der Waals surface area contributed by atoms with Gasteiger partial charge in [-0.05, 0) is 64.5 Å². The molecule has 1 heterocycles. The molecule has 2 atom stereocenters. The first-order valence-electron chi connectivity index (χ1n) is 8.21. The van der Waals surface area contributed by atoms with E-state index in [0.29, 0.717) is 13.0 Å². The molecule has 1 saturated heterocycles. The van der Waals surface area contributed by atoms with Crippen LogP contribution < -0.4 is 0 Å². The molecule has 110 valence electrons. The maximum absolute atomic E-state index is 11.2. The van der Waals surface area contributed by atoms with Gasteiger partial charge < -0.3 is 9.64 Å². The number of ether oxygens (including phenoxy) is 1. The zero-order chi connectivity index (χ0) is 13.5. The highest BCUT2D eigenvalue weighted by atomic mass is 16.5. The maximum Gasteiger partial charge on any atom is 0.305 e. The minimum absolute atomic E-state index is 0.0312. The third-order valence-corrected chi connectivity index (χ3v) is 4.74. The number of hydrogen-bond acceptors (Lipinski definition) is 3. The summed E-state index contributed by atoms with van der Waals surface area (Å²) in [6, 6.07) is 0.888. The average Bonchev–Trinajstić information content (AvgIpc) is 2.87. The summed E-state index contributed by atoms with van der Waals surface area (Å²) >= 11 is 0. The highest BCUT2D eigenvalue weighted by molar-refractivity contribution is 5.69. The zero-order valence-corrected chi connectivity index (χ0v) is 12.4. The van der Waals surface area contributed by atoms with E-state index in [4.69, 9.17) is 4.74 Å². The van der Waals surface area contributed by atoms with E-state index in [0.717, 1.165) is 24.8 Å². The standard InChI is InChI=1S/C16H29NO2/c1-2-19-16(18)11-4-3-5-12-17-13-7-9-14-8-6-10-15(14)17/h14-15H,2-13H2,1H3. The zero-order valence-electron chi connectivity index (χ0n) is 12.4. The van der Waals surface area contributed by atoms with Crippen molar-refractivity contribution in [3.8, 4) is 0 Å². The Labute approximate surface area is 117 Å². The fourth-order valence-corrected chi connectivity index (χ4v) is 3.83. The van der Waals surface area contributed by atoms with E-state index < -0.39 is 0 Å². The van der Waals surface area contributed by atoms with Crippen molar-refractivity contribution in [2.24, 2.45) is 5.92 Å². The Morgan fingerprint density at radius 1 is 1.16 bits per heavy atom. The fraction of sp³-hybridized carbons (Fsp3) is 0.938. The highest BCUT2D eigenvalue weighted by Crippen LogP contribution is 2.36. The third-order valence-electron chi connectivity index (χ3n) is 4.74. The number of hydrogen-bond donors (Lipinski definition) is 0. The van der Waals surface area contributed by atoms with Gasteiger partial charge in [0.05, 0.1) is 6.61 Å². The lowest BCUT2D eigenvalue weighted by Gasteiger charge is -2.37. The summed E-state index contributed by atoms with van der Waals surface area (Å²) in [5, 5.41) is 0. The van der Waals surface area contributed by atoms with Gasteiger partial charge in [0.2, 0.25) is 0 Å². The number of carbonyl (C=O) groups excluding carboxylic acids is 1. The summed E-state index contributed by atoms with van der Waals surface area (Å²) in [5.74, 6) is 0.963. The lowest BCUT2D eigenvalue weighted by atomic mass is 9.92. The number of likely N-dealkylation sites (tertiary alicyclic amines) is 1. The molecule has 1 aliphatic carbocycles. The van der Waals surface area contributed by atoms with E-state index in [-0.39, 0.29) is 5.97 Å². The van der Waals surface area contributed by atoms with Gasteiger partial charge in [-0.3, -0.25) is 4.79 Å². The molecule has 3 nitrogen and oxygen atoms in total. The molecule has 0 spiro atoms. The molecule has 1 aliphatic heterocycles. The Balaban J connectivity index is 1.56. The fourth-order valence-electron chi connectivity index (χ4n) is 3.83. The van der Waals surface area contributed by atoms with Crippen molar-refractivity contribution in [3.05, 3.63) is 0 Å². The van der Waals surface area contributed by atoms with Crippen molar-refractivity contribution in [1.82, 2.24) is 4.90 Å². The predicted molar refractivity (Wildman–Crippen MR) is 77.0 cm³/mol. The van der Waals surface area contributed by atoms with E-state index in [9.17, 15) is 4.79 Å². The van der Waals surface area contributed by atoms with Crippen LogP contribution in [-0.4, -0.2) is 36.6 Å². The van der Waals surface area contributed by atoms with Gasteiger partial charge in [0.1, 0.15) is 0 Å². The molecule has 1 saturated carbocycles. The largest absolute Gasteiger partial charge is 0.466 e. The average molecular weight is 267 g/mol. The van der Waals surface area contributed by atoms with Crippen LogP contribution in [0.15, 0.2) is 0 Å². The van der Waals surface area contributed by atoms with E-state index in [1.807, 2.05) is 6.92 Å². The smallest absolute Gasteiger partial charge is 0.305 e. The first-order chi connectivity index (χ1) is 9.31. The number of unbranched alkanes of at least 4 members (excludes halogenated alkanes) is 2. The van der Waals surface area contributed by atoms with Gasteiger partial charge in [-0.15, -0.1) is 0 Å². The van der Waals surface area contributed by atoms with Crippen LogP contribution in [0, 0.1) is 5.92 Å². The number of fused-ring (bicyclic) bond motifs is 1. The summed E-state index contributed by atoms with van der Waals surface area (Å²) in [6.07, 6.45) is 11.2. The molecule has 0 amide bonds. The molecular weight excluding hydrogens is 238 g/mol. The number of piperidine rings is 1. The lowest BCUT2D eigenvalue weighted by Crippen LogP contribution is -2.42. The van der Waals surface area contributed by atoms with Gasteiger partial charge in [0.15, 0.2) is 0 Å².